The van der Waals surface area contributed by atoms with Crippen molar-refractivity contribution in [2.75, 3.05) is 21.3 Å². The van der Waals surface area contributed by atoms with Crippen molar-refractivity contribution >= 4 is 0 Å². The van der Waals surface area contributed by atoms with Gasteiger partial charge in [-0.15, -0.1) is 0 Å². The van der Waals surface area contributed by atoms with Crippen molar-refractivity contribution in [2.45, 2.75) is 12.2 Å². The van der Waals surface area contributed by atoms with Crippen LogP contribution in [0.4, 0.5) is 0 Å². The van der Waals surface area contributed by atoms with Crippen LogP contribution in [0.5, 0.6) is 0 Å². The maximum absolute atomic E-state index is 5.08. The molecule has 0 aromatic carbocycles. The third kappa shape index (κ3) is 2.24. The molecule has 0 heterocycles. The van der Waals surface area contributed by atoms with Crippen LogP contribution in [0.2, 0.25) is 5.32 Å². The van der Waals surface area contributed by atoms with E-state index in [-0.39, 0.29) is 0 Å². The Morgan fingerprint density at radius 1 is 1.00 bits per heavy atom. The van der Waals surface area contributed by atoms with E-state index < -0.39 is 13.8 Å². The Hall–Kier alpha value is 0.399. The normalized spacial score (nSPS) is 13.8. The molecule has 59 valence electrons. The van der Waals surface area contributed by atoms with Gasteiger partial charge in [-0.25, -0.2) is 0 Å². The molecule has 0 radical (unpaired) electrons. The van der Waals surface area contributed by atoms with E-state index in [0.717, 1.165) is 5.32 Å². The molecule has 3 nitrogen and oxygen atoms in total. The van der Waals surface area contributed by atoms with E-state index in [9.17, 15) is 0 Å². The zero-order chi connectivity index (χ0) is 7.33. The molecular weight excluding hydrogens is 163 g/mol. The first-order valence-corrected chi connectivity index (χ1v) is 4.94. The minimum atomic E-state index is -2.21. The Kier molecular flexibility index (Phi) is 4.44. The van der Waals surface area contributed by atoms with Crippen molar-refractivity contribution in [1.82, 2.24) is 0 Å². The Morgan fingerprint density at radius 3 is 1.33 bits per heavy atom. The average Bonchev–Trinajstić information content (AvgIpc) is 1.95. The molecule has 0 aromatic heterocycles. The molecule has 0 saturated heterocycles. The maximum atomic E-state index is 5.08. The monoisotopic (exact) mass is 177 g/mol. The molecular formula is C5H14MnO3. The van der Waals surface area contributed by atoms with Gasteiger partial charge in [0.1, 0.15) is 0 Å². The fraction of sp³-hybridized carbons (Fsp3) is 1.00. The van der Waals surface area contributed by atoms with Gasteiger partial charge in [0.25, 0.3) is 0 Å². The van der Waals surface area contributed by atoms with Gasteiger partial charge in [0.2, 0.25) is 0 Å². The van der Waals surface area contributed by atoms with Gasteiger partial charge < -0.3 is 0 Å². The molecule has 0 aliphatic heterocycles. The summed E-state index contributed by atoms with van der Waals surface area (Å²) in [5.74, 6) is 0. The molecule has 0 rings (SSSR count). The molecule has 0 amide bonds. The summed E-state index contributed by atoms with van der Waals surface area (Å²) in [6, 6.07) is 0. The van der Waals surface area contributed by atoms with E-state index >= 15 is 0 Å². The van der Waals surface area contributed by atoms with Crippen LogP contribution in [-0.4, -0.2) is 21.3 Å². The summed E-state index contributed by atoms with van der Waals surface area (Å²) in [7, 11) is 4.84. The molecule has 0 atom stereocenters. The zero-order valence-electron chi connectivity index (χ0n) is 6.31. The van der Waals surface area contributed by atoms with E-state index in [1.54, 1.807) is 21.3 Å². The Balaban J connectivity index is 3.82. The van der Waals surface area contributed by atoms with Crippen LogP contribution in [-0.2, 0) is 25.3 Å². The number of hydrogen-bond donors (Lipinski definition) is 0. The van der Waals surface area contributed by atoms with Gasteiger partial charge in [0, 0.05) is 0 Å². The first-order chi connectivity index (χ1) is 4.24. The number of hydrogen-bond acceptors (Lipinski definition) is 3. The molecule has 9 heavy (non-hydrogen) atoms. The van der Waals surface area contributed by atoms with E-state index in [2.05, 4.69) is 0 Å². The van der Waals surface area contributed by atoms with E-state index in [1.165, 1.54) is 0 Å². The van der Waals surface area contributed by atoms with Crippen LogP contribution in [0.25, 0.3) is 0 Å². The summed E-state index contributed by atoms with van der Waals surface area (Å²) >= 11 is -2.21. The number of rotatable bonds is 4. The average molecular weight is 177 g/mol. The SMILES string of the molecule is C[CH2][Mn]([O]C)([O]C)[O]C. The molecule has 0 aromatic rings. The molecule has 0 bridgehead atoms. The Bertz CT molecular complexity index is 55.1. The summed E-state index contributed by atoms with van der Waals surface area (Å²) < 4.78 is 15.2. The van der Waals surface area contributed by atoms with Crippen LogP contribution in [0.3, 0.4) is 0 Å². The van der Waals surface area contributed by atoms with E-state index in [1.807, 2.05) is 6.92 Å². The van der Waals surface area contributed by atoms with Crippen molar-refractivity contribution in [1.29, 1.82) is 0 Å². The van der Waals surface area contributed by atoms with E-state index in [4.69, 9.17) is 11.5 Å². The summed E-state index contributed by atoms with van der Waals surface area (Å²) in [5, 5.41) is 0.818. The predicted octanol–water partition coefficient (Wildman–Crippen LogP) is 1.26. The molecule has 0 unspecified atom stereocenters. The molecule has 0 aliphatic rings. The third-order valence-electron chi connectivity index (χ3n) is 1.03. The summed E-state index contributed by atoms with van der Waals surface area (Å²) in [6.07, 6.45) is 0. The molecule has 0 N–H and O–H groups in total. The van der Waals surface area contributed by atoms with Crippen molar-refractivity contribution in [3.05, 3.63) is 0 Å². The fourth-order valence-corrected chi connectivity index (χ4v) is 2.13. The van der Waals surface area contributed by atoms with Crippen LogP contribution >= 0.6 is 0 Å². The van der Waals surface area contributed by atoms with Crippen LogP contribution in [0, 0.1) is 0 Å². The second-order valence-corrected chi connectivity index (χ2v) is 5.14. The van der Waals surface area contributed by atoms with Crippen molar-refractivity contribution in [3.8, 4) is 0 Å². The van der Waals surface area contributed by atoms with Crippen LogP contribution in [0.1, 0.15) is 6.92 Å². The minimum absolute atomic E-state index is 0.818. The fourth-order valence-electron chi connectivity index (χ4n) is 0.516. The van der Waals surface area contributed by atoms with Crippen LogP contribution in [0.15, 0.2) is 0 Å². The second-order valence-electron chi connectivity index (χ2n) is 1.25. The molecule has 0 fully saturated rings. The zero-order valence-corrected chi connectivity index (χ0v) is 7.49. The predicted molar refractivity (Wildman–Crippen MR) is 31.5 cm³/mol. The topological polar surface area (TPSA) is 27.7 Å². The molecule has 4 heteroatoms. The summed E-state index contributed by atoms with van der Waals surface area (Å²) in [6.45, 7) is 1.99. The summed E-state index contributed by atoms with van der Waals surface area (Å²) in [5.41, 5.74) is 0. The summed E-state index contributed by atoms with van der Waals surface area (Å²) in [4.78, 5) is 0. The van der Waals surface area contributed by atoms with Gasteiger partial charge in [-0.05, 0) is 0 Å². The second kappa shape index (κ2) is 4.25. The molecule has 0 spiro atoms. The first-order valence-electron chi connectivity index (χ1n) is 2.66. The molecule has 0 aliphatic carbocycles. The van der Waals surface area contributed by atoms with Gasteiger partial charge in [0.15, 0.2) is 0 Å². The Morgan fingerprint density at radius 2 is 1.33 bits per heavy atom. The standard InChI is InChI=1S/C2H5.3CH3O.Mn/c4*1-2;/h1H2,2H3;3*1H3;/q;3*-1;+3. The van der Waals surface area contributed by atoms with Gasteiger partial charge in [-0.3, -0.25) is 0 Å². The van der Waals surface area contributed by atoms with Gasteiger partial charge in [-0.1, -0.05) is 0 Å². The first kappa shape index (κ1) is 9.40. The Labute approximate surface area is 59.5 Å². The van der Waals surface area contributed by atoms with E-state index in [0.29, 0.717) is 0 Å². The van der Waals surface area contributed by atoms with Gasteiger partial charge in [-0.2, -0.15) is 0 Å². The third-order valence-corrected chi connectivity index (χ3v) is 4.26. The molecule has 0 saturated carbocycles. The van der Waals surface area contributed by atoms with Crippen molar-refractivity contribution < 1.29 is 25.3 Å². The van der Waals surface area contributed by atoms with Gasteiger partial charge >= 0.3 is 58.9 Å². The quantitative estimate of drug-likeness (QED) is 0.605. The van der Waals surface area contributed by atoms with Crippen molar-refractivity contribution in [2.24, 2.45) is 0 Å². The van der Waals surface area contributed by atoms with Gasteiger partial charge in [0.05, 0.1) is 0 Å². The van der Waals surface area contributed by atoms with Crippen LogP contribution < -0.4 is 0 Å². The van der Waals surface area contributed by atoms with Crippen molar-refractivity contribution in [3.63, 3.8) is 0 Å².